The van der Waals surface area contributed by atoms with E-state index in [1.165, 1.54) is 32.1 Å². The molecular formula is C17H23Cl2N3. The molecule has 0 spiro atoms. The third-order valence-electron chi connectivity index (χ3n) is 5.94. The minimum absolute atomic E-state index is 0.137. The molecule has 0 aromatic carbocycles. The van der Waals surface area contributed by atoms with E-state index >= 15 is 0 Å². The molecule has 0 aromatic heterocycles. The lowest BCUT2D eigenvalue weighted by atomic mass is 9.56. The lowest BCUT2D eigenvalue weighted by Gasteiger charge is -2.51. The summed E-state index contributed by atoms with van der Waals surface area (Å²) in [6, 6.07) is 0. The summed E-state index contributed by atoms with van der Waals surface area (Å²) in [5.74, 6) is 3.45. The highest BCUT2D eigenvalue weighted by Crippen LogP contribution is 2.51. The number of rotatable bonds is 1. The van der Waals surface area contributed by atoms with Gasteiger partial charge in [-0.15, -0.1) is 0 Å². The molecule has 3 nitrogen and oxygen atoms in total. The van der Waals surface area contributed by atoms with Crippen molar-refractivity contribution in [3.8, 4) is 0 Å². The number of fused-ring (bicyclic) bond motifs is 3. The summed E-state index contributed by atoms with van der Waals surface area (Å²) in [7, 11) is 0. The van der Waals surface area contributed by atoms with Crippen LogP contribution in [0.15, 0.2) is 29.3 Å². The number of halogens is 2. The van der Waals surface area contributed by atoms with Gasteiger partial charge in [-0.3, -0.25) is 5.32 Å². The van der Waals surface area contributed by atoms with E-state index in [1.54, 1.807) is 0 Å². The van der Waals surface area contributed by atoms with Crippen molar-refractivity contribution in [2.45, 2.75) is 43.9 Å². The topological polar surface area (TPSA) is 36.4 Å². The third kappa shape index (κ3) is 2.72. The van der Waals surface area contributed by atoms with Crippen molar-refractivity contribution in [3.05, 3.63) is 24.3 Å². The van der Waals surface area contributed by atoms with Gasteiger partial charge in [0.05, 0.1) is 6.17 Å². The minimum atomic E-state index is -0.416. The van der Waals surface area contributed by atoms with E-state index in [0.29, 0.717) is 23.0 Å². The lowest BCUT2D eigenvalue weighted by Crippen LogP contribution is -2.59. The number of allylic oxidation sites excluding steroid dienone is 4. The number of hydrogen-bond acceptors (Lipinski definition) is 3. The van der Waals surface area contributed by atoms with Crippen LogP contribution in [0.1, 0.15) is 32.1 Å². The molecule has 1 aliphatic heterocycles. The van der Waals surface area contributed by atoms with E-state index in [4.69, 9.17) is 23.2 Å². The normalized spacial score (nSPS) is 47.2. The molecule has 3 aliphatic carbocycles. The van der Waals surface area contributed by atoms with Crippen LogP contribution in [0.25, 0.3) is 0 Å². The van der Waals surface area contributed by atoms with E-state index in [-0.39, 0.29) is 6.17 Å². The summed E-state index contributed by atoms with van der Waals surface area (Å²) in [5, 5.41) is 7.15. The second kappa shape index (κ2) is 6.18. The van der Waals surface area contributed by atoms with Crippen LogP contribution >= 0.6 is 23.2 Å². The van der Waals surface area contributed by atoms with Crippen LogP contribution in [0.5, 0.6) is 0 Å². The summed E-state index contributed by atoms with van der Waals surface area (Å²) < 4.78 is 0. The highest BCUT2D eigenvalue weighted by Gasteiger charge is 2.46. The van der Waals surface area contributed by atoms with Crippen LogP contribution in [0, 0.1) is 29.6 Å². The van der Waals surface area contributed by atoms with Crippen LogP contribution in [0.3, 0.4) is 0 Å². The summed E-state index contributed by atoms with van der Waals surface area (Å²) in [6.45, 7) is 0. The summed E-state index contributed by atoms with van der Waals surface area (Å²) in [5.41, 5.74) is -0.416. The van der Waals surface area contributed by atoms with Crippen molar-refractivity contribution in [1.82, 2.24) is 10.6 Å². The van der Waals surface area contributed by atoms with Crippen LogP contribution in [-0.2, 0) is 0 Å². The molecule has 0 radical (unpaired) electrons. The van der Waals surface area contributed by atoms with Crippen LogP contribution in [0.2, 0.25) is 0 Å². The monoisotopic (exact) mass is 339 g/mol. The Hall–Kier alpha value is -0.510. The number of amidine groups is 1. The second-order valence-corrected chi connectivity index (χ2v) is 7.80. The number of aliphatic imine (C=N–C) groups is 1. The van der Waals surface area contributed by atoms with Gasteiger partial charge in [0.15, 0.2) is 10.9 Å². The van der Waals surface area contributed by atoms with Gasteiger partial charge in [0.25, 0.3) is 0 Å². The molecule has 0 aromatic rings. The molecular weight excluding hydrogens is 317 g/mol. The molecule has 1 saturated carbocycles. The third-order valence-corrected chi connectivity index (χ3v) is 6.37. The first kappa shape index (κ1) is 15.0. The van der Waals surface area contributed by atoms with Crippen molar-refractivity contribution >= 4 is 28.5 Å². The van der Waals surface area contributed by atoms with E-state index in [1.807, 2.05) is 0 Å². The van der Waals surface area contributed by atoms with Crippen molar-refractivity contribution in [2.24, 2.45) is 34.6 Å². The molecule has 4 aliphatic rings. The molecule has 1 heterocycles. The first-order valence-corrected chi connectivity index (χ1v) is 9.27. The van der Waals surface area contributed by atoms with Crippen LogP contribution in [-0.4, -0.2) is 17.1 Å². The lowest BCUT2D eigenvalue weighted by molar-refractivity contribution is 0.0412. The zero-order valence-corrected chi connectivity index (χ0v) is 14.1. The Morgan fingerprint density at radius 2 is 1.82 bits per heavy atom. The first-order chi connectivity index (χ1) is 10.7. The minimum Gasteiger partial charge on any atom is -0.345 e. The second-order valence-electron chi connectivity index (χ2n) is 7.03. The molecule has 0 saturated heterocycles. The zero-order valence-electron chi connectivity index (χ0n) is 12.6. The molecule has 2 N–H and O–H groups in total. The average molecular weight is 340 g/mol. The van der Waals surface area contributed by atoms with Gasteiger partial charge in [0, 0.05) is 0 Å². The van der Waals surface area contributed by atoms with E-state index in [2.05, 4.69) is 39.9 Å². The fourth-order valence-electron chi connectivity index (χ4n) is 5.05. The van der Waals surface area contributed by atoms with E-state index in [0.717, 1.165) is 11.8 Å². The molecule has 120 valence electrons. The fourth-order valence-corrected chi connectivity index (χ4v) is 5.55. The number of hydrogen-bond donors (Lipinski definition) is 2. The number of nitrogens with zero attached hydrogens (tertiary/aromatic N) is 1. The van der Waals surface area contributed by atoms with Gasteiger partial charge in [-0.2, -0.15) is 0 Å². The average Bonchev–Trinajstić information content (AvgIpc) is 2.53. The van der Waals surface area contributed by atoms with Crippen molar-refractivity contribution in [3.63, 3.8) is 0 Å². The molecule has 0 bridgehead atoms. The quantitative estimate of drug-likeness (QED) is 0.433. The molecule has 5 heteroatoms. The van der Waals surface area contributed by atoms with Crippen LogP contribution < -0.4 is 10.6 Å². The highest BCUT2D eigenvalue weighted by atomic mass is 35.5. The largest absolute Gasteiger partial charge is 0.345 e. The maximum atomic E-state index is 6.19. The molecule has 7 atom stereocenters. The SMILES string of the molecule is ClC1=NC(Cl)NC(C2CC3CCC=CC3C3C=CCCC32)N1. The van der Waals surface area contributed by atoms with Gasteiger partial charge in [0.1, 0.15) is 0 Å². The standard InChI is InChI=1S/C17H23Cl2N3/c18-16-20-15(21-17(19)22-16)14-9-10-5-1-2-6-11(10)12-7-3-4-8-13(12)14/h2-3,6-7,10-16,20H,1,4-5,8-9H2,(H,21,22). The van der Waals surface area contributed by atoms with Gasteiger partial charge in [-0.1, -0.05) is 35.9 Å². The Morgan fingerprint density at radius 1 is 1.05 bits per heavy atom. The summed E-state index contributed by atoms with van der Waals surface area (Å²) in [4.78, 5) is 4.11. The Balaban J connectivity index is 1.61. The van der Waals surface area contributed by atoms with Gasteiger partial charge >= 0.3 is 0 Å². The van der Waals surface area contributed by atoms with E-state index in [9.17, 15) is 0 Å². The summed E-state index contributed by atoms with van der Waals surface area (Å²) in [6.07, 6.45) is 16.1. The Labute approximate surface area is 142 Å². The maximum absolute atomic E-state index is 6.19. The highest BCUT2D eigenvalue weighted by molar-refractivity contribution is 6.65. The zero-order chi connectivity index (χ0) is 15.1. The predicted octanol–water partition coefficient (Wildman–Crippen LogP) is 3.81. The number of nitrogens with one attached hydrogen (secondary N) is 2. The van der Waals surface area contributed by atoms with Gasteiger partial charge in [0.2, 0.25) is 0 Å². The Morgan fingerprint density at radius 3 is 2.64 bits per heavy atom. The molecule has 4 rings (SSSR count). The Kier molecular flexibility index (Phi) is 4.23. The fraction of sp³-hybridized carbons (Fsp3) is 0.706. The van der Waals surface area contributed by atoms with Crippen molar-refractivity contribution < 1.29 is 0 Å². The van der Waals surface area contributed by atoms with Gasteiger partial charge < -0.3 is 5.32 Å². The number of alkyl halides is 1. The molecule has 0 amide bonds. The molecule has 7 unspecified atom stereocenters. The Bertz CT molecular complexity index is 516. The molecule has 1 fully saturated rings. The van der Waals surface area contributed by atoms with Crippen LogP contribution in [0.4, 0.5) is 0 Å². The van der Waals surface area contributed by atoms with Gasteiger partial charge in [-0.25, -0.2) is 4.99 Å². The van der Waals surface area contributed by atoms with Crippen molar-refractivity contribution in [2.75, 3.05) is 0 Å². The smallest absolute Gasteiger partial charge is 0.195 e. The van der Waals surface area contributed by atoms with Gasteiger partial charge in [-0.05, 0) is 73.3 Å². The predicted molar refractivity (Wildman–Crippen MR) is 91.8 cm³/mol. The van der Waals surface area contributed by atoms with E-state index < -0.39 is 5.62 Å². The summed E-state index contributed by atoms with van der Waals surface area (Å²) >= 11 is 12.3. The maximum Gasteiger partial charge on any atom is 0.195 e. The first-order valence-electron chi connectivity index (χ1n) is 8.45. The molecule has 22 heavy (non-hydrogen) atoms. The van der Waals surface area contributed by atoms with Crippen molar-refractivity contribution in [1.29, 1.82) is 0 Å².